The van der Waals surface area contributed by atoms with Crippen LogP contribution >= 0.6 is 0 Å². The Morgan fingerprint density at radius 3 is 2.61 bits per heavy atom. The highest BCUT2D eigenvalue weighted by atomic mass is 19.4. The summed E-state index contributed by atoms with van der Waals surface area (Å²) in [5, 5.41) is 9.47. The quantitative estimate of drug-likeness (QED) is 0.368. The zero-order chi connectivity index (χ0) is 26.7. The Hall–Kier alpha value is -3.78. The highest BCUT2D eigenvalue weighted by Crippen LogP contribution is 2.44. The summed E-state index contributed by atoms with van der Waals surface area (Å²) in [7, 11) is 0. The maximum absolute atomic E-state index is 13.7. The molecule has 1 fully saturated rings. The Labute approximate surface area is 219 Å². The number of morpholine rings is 1. The number of aromatic carboxylic acids is 1. The summed E-state index contributed by atoms with van der Waals surface area (Å²) in [5.74, 6) is -0.603. The first-order chi connectivity index (χ1) is 18.3. The van der Waals surface area contributed by atoms with Gasteiger partial charge in [-0.3, -0.25) is 0 Å². The van der Waals surface area contributed by atoms with Crippen LogP contribution in [-0.2, 0) is 17.5 Å². The number of carbonyl (C=O) groups is 1. The van der Waals surface area contributed by atoms with Gasteiger partial charge in [0.2, 0.25) is 0 Å². The zero-order valence-electron chi connectivity index (χ0n) is 20.7. The summed E-state index contributed by atoms with van der Waals surface area (Å²) in [6.07, 6.45) is -2.34. The molecule has 1 heterocycles. The van der Waals surface area contributed by atoms with Crippen LogP contribution in [0.25, 0.3) is 5.57 Å². The molecule has 8 heteroatoms. The van der Waals surface area contributed by atoms with Gasteiger partial charge in [-0.15, -0.1) is 0 Å². The van der Waals surface area contributed by atoms with E-state index in [2.05, 4.69) is 4.90 Å². The maximum Gasteiger partial charge on any atom is 0.416 e. The lowest BCUT2D eigenvalue weighted by atomic mass is 9.93. The van der Waals surface area contributed by atoms with Crippen molar-refractivity contribution in [3.8, 4) is 5.75 Å². The van der Waals surface area contributed by atoms with Gasteiger partial charge in [0.1, 0.15) is 12.4 Å². The van der Waals surface area contributed by atoms with Gasteiger partial charge >= 0.3 is 12.1 Å². The molecule has 0 saturated carbocycles. The molecule has 0 amide bonds. The van der Waals surface area contributed by atoms with Crippen molar-refractivity contribution in [3.63, 3.8) is 0 Å². The van der Waals surface area contributed by atoms with E-state index in [0.717, 1.165) is 34.9 Å². The lowest BCUT2D eigenvalue weighted by Crippen LogP contribution is -2.46. The molecule has 198 valence electrons. The van der Waals surface area contributed by atoms with Crippen LogP contribution in [0.3, 0.4) is 0 Å². The fraction of sp³-hybridized carbons (Fsp3) is 0.300. The average molecular weight is 524 g/mol. The molecular formula is C30H28F3NO4. The van der Waals surface area contributed by atoms with Gasteiger partial charge < -0.3 is 19.5 Å². The maximum atomic E-state index is 13.7. The molecule has 0 bridgehead atoms. The summed E-state index contributed by atoms with van der Waals surface area (Å²) in [4.78, 5) is 13.7. The number of carboxylic acids is 1. The van der Waals surface area contributed by atoms with Gasteiger partial charge in [-0.1, -0.05) is 36.4 Å². The van der Waals surface area contributed by atoms with Crippen molar-refractivity contribution >= 4 is 17.2 Å². The molecule has 0 radical (unpaired) electrons. The minimum absolute atomic E-state index is 0.183. The second-order valence-electron chi connectivity index (χ2n) is 9.48. The highest BCUT2D eigenvalue weighted by Gasteiger charge is 2.35. The van der Waals surface area contributed by atoms with Crippen molar-refractivity contribution in [2.45, 2.75) is 38.1 Å². The van der Waals surface area contributed by atoms with Crippen LogP contribution in [0.4, 0.5) is 18.9 Å². The molecule has 1 aliphatic carbocycles. The third kappa shape index (κ3) is 5.55. The van der Waals surface area contributed by atoms with Crippen LogP contribution in [-0.4, -0.2) is 36.9 Å². The Morgan fingerprint density at radius 1 is 1.03 bits per heavy atom. The SMILES string of the molecule is O=C(O)c1cccc(N2CCOCC2C2=C(c3cc(C(F)(F)F)ccc3OCc3ccccc3)CCC2)c1. The number of nitrogens with zero attached hydrogens (tertiary/aromatic N) is 1. The van der Waals surface area contributed by atoms with Crippen LogP contribution in [0, 0.1) is 0 Å². The van der Waals surface area contributed by atoms with Crippen molar-refractivity contribution < 1.29 is 32.5 Å². The third-order valence-electron chi connectivity index (χ3n) is 7.09. The van der Waals surface area contributed by atoms with E-state index in [-0.39, 0.29) is 18.2 Å². The molecule has 2 aliphatic rings. The molecule has 3 aromatic carbocycles. The summed E-state index contributed by atoms with van der Waals surface area (Å²) in [5.41, 5.74) is 3.44. The minimum atomic E-state index is -4.48. The van der Waals surface area contributed by atoms with Crippen LogP contribution in [0.5, 0.6) is 5.75 Å². The molecule has 5 nitrogen and oxygen atoms in total. The Balaban J connectivity index is 1.55. The van der Waals surface area contributed by atoms with E-state index < -0.39 is 17.7 Å². The lowest BCUT2D eigenvalue weighted by molar-refractivity contribution is -0.137. The summed E-state index contributed by atoms with van der Waals surface area (Å²) in [6.45, 7) is 1.63. The zero-order valence-corrected chi connectivity index (χ0v) is 20.7. The van der Waals surface area contributed by atoms with E-state index >= 15 is 0 Å². The Bertz CT molecular complexity index is 1340. The number of anilines is 1. The number of alkyl halides is 3. The number of halogens is 3. The molecule has 1 unspecified atom stereocenters. The van der Waals surface area contributed by atoms with Crippen molar-refractivity contribution in [2.24, 2.45) is 0 Å². The second kappa shape index (κ2) is 10.9. The van der Waals surface area contributed by atoms with E-state index in [4.69, 9.17) is 9.47 Å². The molecule has 3 aromatic rings. The standard InChI is InChI=1S/C30H28F3NO4/c31-30(32,33)22-12-13-28(38-18-20-6-2-1-3-7-20)26(17-22)24-10-5-11-25(24)27-19-37-15-14-34(27)23-9-4-8-21(16-23)29(35)36/h1-4,6-9,12-13,16-17,27H,5,10-11,14-15,18-19H2,(H,35,36). The second-order valence-corrected chi connectivity index (χ2v) is 9.48. The molecule has 1 aliphatic heterocycles. The molecule has 38 heavy (non-hydrogen) atoms. The summed E-state index contributed by atoms with van der Waals surface area (Å²) >= 11 is 0. The topological polar surface area (TPSA) is 59.0 Å². The first-order valence-electron chi connectivity index (χ1n) is 12.6. The van der Waals surface area contributed by atoms with E-state index in [0.29, 0.717) is 43.9 Å². The van der Waals surface area contributed by atoms with Gasteiger partial charge in [0, 0.05) is 17.8 Å². The Morgan fingerprint density at radius 2 is 1.84 bits per heavy atom. The van der Waals surface area contributed by atoms with Gasteiger partial charge in [0.25, 0.3) is 0 Å². The number of hydrogen-bond donors (Lipinski definition) is 1. The van der Waals surface area contributed by atoms with Crippen LogP contribution in [0.1, 0.15) is 46.3 Å². The van der Waals surface area contributed by atoms with Crippen LogP contribution in [0.15, 0.2) is 78.4 Å². The minimum Gasteiger partial charge on any atom is -0.488 e. The number of carboxylic acid groups (broad SMARTS) is 1. The van der Waals surface area contributed by atoms with E-state index in [1.54, 1.807) is 18.2 Å². The number of ether oxygens (including phenoxy) is 2. The van der Waals surface area contributed by atoms with E-state index in [1.165, 1.54) is 12.1 Å². The van der Waals surface area contributed by atoms with Gasteiger partial charge in [0.05, 0.1) is 30.4 Å². The van der Waals surface area contributed by atoms with Gasteiger partial charge in [-0.25, -0.2) is 4.79 Å². The third-order valence-corrected chi connectivity index (χ3v) is 7.09. The average Bonchev–Trinajstić information content (AvgIpc) is 3.41. The first-order valence-corrected chi connectivity index (χ1v) is 12.6. The smallest absolute Gasteiger partial charge is 0.416 e. The molecular weight excluding hydrogens is 495 g/mol. The number of rotatable bonds is 7. The number of hydrogen-bond acceptors (Lipinski definition) is 4. The van der Waals surface area contributed by atoms with E-state index in [9.17, 15) is 23.1 Å². The normalized spacial score (nSPS) is 18.1. The molecule has 5 rings (SSSR count). The van der Waals surface area contributed by atoms with Crippen molar-refractivity contribution in [1.82, 2.24) is 0 Å². The molecule has 0 aromatic heterocycles. The highest BCUT2D eigenvalue weighted by molar-refractivity contribution is 5.89. The molecule has 1 saturated heterocycles. The van der Waals surface area contributed by atoms with Crippen molar-refractivity contribution in [3.05, 3.63) is 101 Å². The van der Waals surface area contributed by atoms with Crippen LogP contribution < -0.4 is 9.64 Å². The summed E-state index contributed by atoms with van der Waals surface area (Å²) in [6, 6.07) is 19.7. The van der Waals surface area contributed by atoms with Crippen LogP contribution in [0.2, 0.25) is 0 Å². The molecule has 1 N–H and O–H groups in total. The number of benzene rings is 3. The largest absolute Gasteiger partial charge is 0.488 e. The fourth-order valence-electron chi connectivity index (χ4n) is 5.26. The van der Waals surface area contributed by atoms with E-state index in [1.807, 2.05) is 36.4 Å². The Kier molecular flexibility index (Phi) is 7.42. The monoisotopic (exact) mass is 523 g/mol. The van der Waals surface area contributed by atoms with Gasteiger partial charge in [0.15, 0.2) is 0 Å². The number of allylic oxidation sites excluding steroid dienone is 1. The van der Waals surface area contributed by atoms with Gasteiger partial charge in [-0.2, -0.15) is 13.2 Å². The molecule has 1 atom stereocenters. The predicted molar refractivity (Wildman–Crippen MR) is 138 cm³/mol. The van der Waals surface area contributed by atoms with Crippen molar-refractivity contribution in [1.29, 1.82) is 0 Å². The predicted octanol–water partition coefficient (Wildman–Crippen LogP) is 6.83. The molecule has 0 spiro atoms. The lowest BCUT2D eigenvalue weighted by Gasteiger charge is -2.39. The first kappa shape index (κ1) is 25.9. The van der Waals surface area contributed by atoms with Gasteiger partial charge in [-0.05, 0) is 72.4 Å². The summed E-state index contributed by atoms with van der Waals surface area (Å²) < 4.78 is 53.1. The fourth-order valence-corrected chi connectivity index (χ4v) is 5.26. The van der Waals surface area contributed by atoms with Crippen molar-refractivity contribution in [2.75, 3.05) is 24.7 Å².